The highest BCUT2D eigenvalue weighted by Gasteiger charge is 2.39. The van der Waals surface area contributed by atoms with Gasteiger partial charge >= 0.3 is 0 Å². The third-order valence-corrected chi connectivity index (χ3v) is 7.93. The molecule has 0 aliphatic carbocycles. The lowest BCUT2D eigenvalue weighted by atomic mass is 9.99. The number of benzene rings is 2. The van der Waals surface area contributed by atoms with E-state index in [1.165, 1.54) is 7.11 Å². The standard InChI is InChI=1S/C28H28N2O6S2/c1-6-36-22-8-7-20(35-5)13-19(22)14-23-25(31)29(27(33)37-23)9-10-30-26(32)24(38-28(30)34)15-21-17(3)11-16(2)12-18(21)4/h7-8,11-15H,6,9-10H2,1-5H3/b23-14+,24-15-. The maximum absolute atomic E-state index is 13.1. The lowest BCUT2D eigenvalue weighted by Gasteiger charge is -2.17. The van der Waals surface area contributed by atoms with Gasteiger partial charge in [0.15, 0.2) is 0 Å². The van der Waals surface area contributed by atoms with Gasteiger partial charge in [0.25, 0.3) is 22.3 Å². The number of carbonyl (C=O) groups excluding carboxylic acids is 4. The molecule has 2 aliphatic rings. The molecule has 0 aromatic heterocycles. The smallest absolute Gasteiger partial charge is 0.293 e. The molecule has 2 heterocycles. The summed E-state index contributed by atoms with van der Waals surface area (Å²) in [6, 6.07) is 9.27. The molecule has 198 valence electrons. The number of carbonyl (C=O) groups is 4. The van der Waals surface area contributed by atoms with Crippen molar-refractivity contribution in [1.29, 1.82) is 0 Å². The van der Waals surface area contributed by atoms with Gasteiger partial charge in [0.1, 0.15) is 11.5 Å². The van der Waals surface area contributed by atoms with Crippen LogP contribution in [-0.2, 0) is 9.59 Å². The molecule has 0 radical (unpaired) electrons. The number of hydrogen-bond acceptors (Lipinski definition) is 8. The Kier molecular flexibility index (Phi) is 8.32. The molecule has 2 saturated heterocycles. The van der Waals surface area contributed by atoms with E-state index in [9.17, 15) is 19.2 Å². The van der Waals surface area contributed by atoms with Crippen LogP contribution in [0, 0.1) is 20.8 Å². The average Bonchev–Trinajstić information content (AvgIpc) is 3.29. The number of hydrogen-bond donors (Lipinski definition) is 0. The second kappa shape index (κ2) is 11.5. The predicted octanol–water partition coefficient (Wildman–Crippen LogP) is 5.79. The van der Waals surface area contributed by atoms with Crippen LogP contribution in [0.1, 0.15) is 34.7 Å². The van der Waals surface area contributed by atoms with Crippen LogP contribution in [0.15, 0.2) is 40.1 Å². The van der Waals surface area contributed by atoms with Crippen molar-refractivity contribution in [1.82, 2.24) is 9.80 Å². The van der Waals surface area contributed by atoms with Crippen LogP contribution in [0.3, 0.4) is 0 Å². The fourth-order valence-electron chi connectivity index (χ4n) is 4.33. The fraction of sp³-hybridized carbons (Fsp3) is 0.286. The van der Waals surface area contributed by atoms with Gasteiger partial charge < -0.3 is 9.47 Å². The third kappa shape index (κ3) is 5.66. The molecule has 0 unspecified atom stereocenters. The number of nitrogens with zero attached hydrogens (tertiary/aromatic N) is 2. The van der Waals surface area contributed by atoms with Crippen LogP contribution in [0.25, 0.3) is 12.2 Å². The molecule has 2 aromatic rings. The zero-order valence-electron chi connectivity index (χ0n) is 21.8. The van der Waals surface area contributed by atoms with Gasteiger partial charge in [-0.1, -0.05) is 17.7 Å². The van der Waals surface area contributed by atoms with Crippen LogP contribution >= 0.6 is 23.5 Å². The summed E-state index contributed by atoms with van der Waals surface area (Å²) in [4.78, 5) is 54.1. The van der Waals surface area contributed by atoms with Crippen molar-refractivity contribution in [2.24, 2.45) is 0 Å². The van der Waals surface area contributed by atoms with Gasteiger partial charge in [0, 0.05) is 18.7 Å². The van der Waals surface area contributed by atoms with E-state index in [0.717, 1.165) is 55.6 Å². The largest absolute Gasteiger partial charge is 0.497 e. The first-order valence-electron chi connectivity index (χ1n) is 12.0. The Morgan fingerprint density at radius 2 is 1.37 bits per heavy atom. The maximum Gasteiger partial charge on any atom is 0.293 e. The Balaban J connectivity index is 1.49. The monoisotopic (exact) mass is 552 g/mol. The summed E-state index contributed by atoms with van der Waals surface area (Å²) in [6.45, 7) is 8.05. The van der Waals surface area contributed by atoms with E-state index in [0.29, 0.717) is 28.6 Å². The van der Waals surface area contributed by atoms with Crippen LogP contribution in [-0.4, -0.2) is 58.9 Å². The molecule has 2 fully saturated rings. The molecular weight excluding hydrogens is 524 g/mol. The summed E-state index contributed by atoms with van der Waals surface area (Å²) in [6.07, 6.45) is 3.33. The predicted molar refractivity (Wildman–Crippen MR) is 150 cm³/mol. The molecule has 0 saturated carbocycles. The molecule has 38 heavy (non-hydrogen) atoms. The minimum atomic E-state index is -0.487. The summed E-state index contributed by atoms with van der Waals surface area (Å²) in [5, 5.41) is -0.889. The normalized spacial score (nSPS) is 17.9. The lowest BCUT2D eigenvalue weighted by Crippen LogP contribution is -2.39. The molecule has 4 amide bonds. The van der Waals surface area contributed by atoms with Crippen LogP contribution < -0.4 is 9.47 Å². The van der Waals surface area contributed by atoms with Crippen molar-refractivity contribution in [2.45, 2.75) is 27.7 Å². The van der Waals surface area contributed by atoms with Crippen molar-refractivity contribution in [3.8, 4) is 11.5 Å². The first-order valence-corrected chi connectivity index (χ1v) is 13.7. The van der Waals surface area contributed by atoms with Gasteiger partial charge in [-0.05, 0) is 98.3 Å². The third-order valence-electron chi connectivity index (χ3n) is 6.11. The Morgan fingerprint density at radius 1 is 0.816 bits per heavy atom. The van der Waals surface area contributed by atoms with Crippen molar-refractivity contribution in [3.63, 3.8) is 0 Å². The minimum Gasteiger partial charge on any atom is -0.497 e. The van der Waals surface area contributed by atoms with Crippen LogP contribution in [0.2, 0.25) is 0 Å². The average molecular weight is 553 g/mol. The molecule has 0 N–H and O–H groups in total. The molecule has 0 atom stereocenters. The number of imide groups is 2. The number of methoxy groups -OCH3 is 1. The van der Waals surface area contributed by atoms with Gasteiger partial charge in [0.05, 0.1) is 23.5 Å². The van der Waals surface area contributed by atoms with E-state index in [2.05, 4.69) is 0 Å². The molecule has 0 spiro atoms. The summed E-state index contributed by atoms with van der Waals surface area (Å²) < 4.78 is 10.9. The topological polar surface area (TPSA) is 93.2 Å². The van der Waals surface area contributed by atoms with E-state index in [1.54, 1.807) is 30.4 Å². The van der Waals surface area contributed by atoms with Gasteiger partial charge in [-0.25, -0.2) is 0 Å². The Morgan fingerprint density at radius 3 is 1.89 bits per heavy atom. The molecule has 0 bridgehead atoms. The first-order chi connectivity index (χ1) is 18.1. The van der Waals surface area contributed by atoms with E-state index in [1.807, 2.05) is 39.8 Å². The lowest BCUT2D eigenvalue weighted by molar-refractivity contribution is -0.125. The van der Waals surface area contributed by atoms with Crippen LogP contribution in [0.4, 0.5) is 9.59 Å². The highest BCUT2D eigenvalue weighted by molar-refractivity contribution is 8.18. The Bertz CT molecular complexity index is 1370. The molecule has 2 aromatic carbocycles. The summed E-state index contributed by atoms with van der Waals surface area (Å²) in [7, 11) is 1.54. The SMILES string of the molecule is CCOc1ccc(OC)cc1/C=C1/SC(=O)N(CCN2C(=O)S/C(=C\c3c(C)cc(C)cc3C)C2=O)C1=O. The number of thioether (sulfide) groups is 2. The van der Waals surface area contributed by atoms with Crippen molar-refractivity contribution in [2.75, 3.05) is 26.8 Å². The molecule has 2 aliphatic heterocycles. The van der Waals surface area contributed by atoms with Gasteiger partial charge in [-0.15, -0.1) is 0 Å². The Labute approximate surface area is 230 Å². The van der Waals surface area contributed by atoms with Crippen LogP contribution in [0.5, 0.6) is 11.5 Å². The second-order valence-electron chi connectivity index (χ2n) is 8.82. The van der Waals surface area contributed by atoms with Gasteiger partial charge in [-0.2, -0.15) is 0 Å². The summed E-state index contributed by atoms with van der Waals surface area (Å²) >= 11 is 1.67. The molecule has 8 nitrogen and oxygen atoms in total. The zero-order valence-corrected chi connectivity index (χ0v) is 23.5. The quantitative estimate of drug-likeness (QED) is 0.380. The molecular formula is C28H28N2O6S2. The fourth-order valence-corrected chi connectivity index (χ4v) is 6.03. The zero-order chi connectivity index (χ0) is 27.6. The van der Waals surface area contributed by atoms with E-state index in [4.69, 9.17) is 9.47 Å². The van der Waals surface area contributed by atoms with E-state index < -0.39 is 22.3 Å². The first kappa shape index (κ1) is 27.5. The summed E-state index contributed by atoms with van der Waals surface area (Å²) in [5.41, 5.74) is 4.66. The maximum atomic E-state index is 13.1. The highest BCUT2D eigenvalue weighted by Crippen LogP contribution is 2.37. The summed E-state index contributed by atoms with van der Waals surface area (Å²) in [5.74, 6) is 0.226. The van der Waals surface area contributed by atoms with Gasteiger partial charge in [-0.3, -0.25) is 29.0 Å². The van der Waals surface area contributed by atoms with Crippen molar-refractivity contribution >= 4 is 58.0 Å². The van der Waals surface area contributed by atoms with E-state index in [-0.39, 0.29) is 18.0 Å². The number of rotatable bonds is 8. The number of aryl methyl sites for hydroxylation is 3. The second-order valence-corrected chi connectivity index (χ2v) is 10.8. The highest BCUT2D eigenvalue weighted by atomic mass is 32.2. The number of amides is 4. The number of ether oxygens (including phenoxy) is 2. The van der Waals surface area contributed by atoms with E-state index >= 15 is 0 Å². The van der Waals surface area contributed by atoms with Crippen molar-refractivity contribution in [3.05, 3.63) is 68.0 Å². The Hall–Kier alpha value is -3.50. The molecule has 10 heteroatoms. The molecule has 4 rings (SSSR count). The van der Waals surface area contributed by atoms with Crippen molar-refractivity contribution < 1.29 is 28.7 Å². The van der Waals surface area contributed by atoms with Gasteiger partial charge in [0.2, 0.25) is 0 Å². The minimum absolute atomic E-state index is 0.0808.